The van der Waals surface area contributed by atoms with Crippen LogP contribution in [-0.2, 0) is 0 Å². The number of hydrazone groups is 1. The van der Waals surface area contributed by atoms with E-state index in [4.69, 9.17) is 4.74 Å². The number of benzene rings is 3. The fraction of sp³-hybridized carbons (Fsp3) is 0.182. The van der Waals surface area contributed by atoms with E-state index in [1.807, 2.05) is 66.7 Å². The van der Waals surface area contributed by atoms with Crippen LogP contribution < -0.4 is 21.0 Å². The van der Waals surface area contributed by atoms with E-state index < -0.39 is 0 Å². The maximum absolute atomic E-state index is 12.6. The molecule has 1 saturated heterocycles. The Morgan fingerprint density at radius 3 is 2.71 bits per heavy atom. The standard InChI is InChI=1S/C22H22N4O2/c1-28-18-11-9-16(10-12-18)21-17(13-23-25-21)14-24-26-22(27)20-8-4-6-15-5-2-3-7-19(15)20/h2-12,14,17,21,23,25H,13H2,1H3,(H,26,27)/b24-14+. The summed E-state index contributed by atoms with van der Waals surface area (Å²) in [5.41, 5.74) is 10.8. The molecule has 0 spiro atoms. The molecule has 3 aromatic rings. The minimum Gasteiger partial charge on any atom is -0.497 e. The smallest absolute Gasteiger partial charge is 0.271 e. The molecule has 1 fully saturated rings. The van der Waals surface area contributed by atoms with E-state index in [1.165, 1.54) is 0 Å². The van der Waals surface area contributed by atoms with Crippen molar-refractivity contribution in [2.75, 3.05) is 13.7 Å². The normalized spacial score (nSPS) is 19.2. The van der Waals surface area contributed by atoms with Crippen LogP contribution in [0.2, 0.25) is 0 Å². The lowest BCUT2D eigenvalue weighted by Gasteiger charge is -2.15. The van der Waals surface area contributed by atoms with Crippen molar-refractivity contribution < 1.29 is 9.53 Å². The third kappa shape index (κ3) is 3.74. The van der Waals surface area contributed by atoms with Crippen LogP contribution in [0.15, 0.2) is 71.8 Å². The molecule has 142 valence electrons. The predicted molar refractivity (Wildman–Crippen MR) is 110 cm³/mol. The number of rotatable bonds is 5. The summed E-state index contributed by atoms with van der Waals surface area (Å²) < 4.78 is 5.21. The van der Waals surface area contributed by atoms with Gasteiger partial charge in [0.05, 0.1) is 13.2 Å². The lowest BCUT2D eigenvalue weighted by atomic mass is 9.96. The lowest BCUT2D eigenvalue weighted by molar-refractivity contribution is 0.0956. The predicted octanol–water partition coefficient (Wildman–Crippen LogP) is 3.03. The molecule has 1 aliphatic rings. The van der Waals surface area contributed by atoms with Gasteiger partial charge in [0.2, 0.25) is 0 Å². The third-order valence-corrected chi connectivity index (χ3v) is 4.96. The quantitative estimate of drug-likeness (QED) is 0.474. The molecular weight excluding hydrogens is 352 g/mol. The van der Waals surface area contributed by atoms with Crippen LogP contribution in [0.1, 0.15) is 22.0 Å². The summed E-state index contributed by atoms with van der Waals surface area (Å²) >= 11 is 0. The van der Waals surface area contributed by atoms with Gasteiger partial charge in [-0.15, -0.1) is 0 Å². The van der Waals surface area contributed by atoms with Crippen molar-refractivity contribution in [3.63, 3.8) is 0 Å². The summed E-state index contributed by atoms with van der Waals surface area (Å²) in [5.74, 6) is 0.719. The minimum absolute atomic E-state index is 0.0733. The molecule has 0 aromatic heterocycles. The second kappa shape index (κ2) is 8.21. The fourth-order valence-electron chi connectivity index (χ4n) is 3.47. The Kier molecular flexibility index (Phi) is 5.32. The van der Waals surface area contributed by atoms with Crippen molar-refractivity contribution in [3.05, 3.63) is 77.9 Å². The van der Waals surface area contributed by atoms with Crippen molar-refractivity contribution in [2.24, 2.45) is 11.0 Å². The summed E-state index contributed by atoms with van der Waals surface area (Å²) in [6.45, 7) is 0.727. The largest absolute Gasteiger partial charge is 0.497 e. The molecule has 0 bridgehead atoms. The van der Waals surface area contributed by atoms with Gasteiger partial charge in [0, 0.05) is 24.2 Å². The summed E-state index contributed by atoms with van der Waals surface area (Å²) in [5, 5.41) is 6.16. The second-order valence-electron chi connectivity index (χ2n) is 6.69. The van der Waals surface area contributed by atoms with Crippen LogP contribution in [0.5, 0.6) is 5.75 Å². The van der Waals surface area contributed by atoms with E-state index in [2.05, 4.69) is 21.4 Å². The molecule has 1 heterocycles. The number of ether oxygens (including phenoxy) is 1. The molecule has 2 atom stereocenters. The molecule has 3 aromatic carbocycles. The Bertz CT molecular complexity index is 996. The first-order valence-corrected chi connectivity index (χ1v) is 9.20. The van der Waals surface area contributed by atoms with Crippen molar-refractivity contribution in [3.8, 4) is 5.75 Å². The molecule has 1 aliphatic heterocycles. The lowest BCUT2D eigenvalue weighted by Crippen LogP contribution is -2.25. The minimum atomic E-state index is -0.215. The highest BCUT2D eigenvalue weighted by molar-refractivity contribution is 6.07. The Hall–Kier alpha value is -3.22. The zero-order valence-electron chi connectivity index (χ0n) is 15.6. The molecular formula is C22H22N4O2. The van der Waals surface area contributed by atoms with Crippen molar-refractivity contribution in [1.29, 1.82) is 0 Å². The van der Waals surface area contributed by atoms with E-state index in [0.29, 0.717) is 5.56 Å². The molecule has 1 amide bonds. The summed E-state index contributed by atoms with van der Waals surface area (Å²) in [7, 11) is 1.65. The molecule has 4 rings (SSSR count). The molecule has 3 N–H and O–H groups in total. The number of nitrogens with one attached hydrogen (secondary N) is 3. The van der Waals surface area contributed by atoms with E-state index in [1.54, 1.807) is 13.3 Å². The number of fused-ring (bicyclic) bond motifs is 1. The fourth-order valence-corrected chi connectivity index (χ4v) is 3.47. The van der Waals surface area contributed by atoms with Gasteiger partial charge in [-0.25, -0.2) is 10.9 Å². The molecule has 0 aliphatic carbocycles. The van der Waals surface area contributed by atoms with Gasteiger partial charge < -0.3 is 4.74 Å². The topological polar surface area (TPSA) is 74.8 Å². The van der Waals surface area contributed by atoms with Crippen LogP contribution in [0.25, 0.3) is 10.8 Å². The van der Waals surface area contributed by atoms with Gasteiger partial charge in [0.25, 0.3) is 5.91 Å². The number of hydrogen-bond donors (Lipinski definition) is 3. The van der Waals surface area contributed by atoms with Crippen LogP contribution in [0.3, 0.4) is 0 Å². The maximum Gasteiger partial charge on any atom is 0.271 e. The van der Waals surface area contributed by atoms with Crippen molar-refractivity contribution in [1.82, 2.24) is 16.3 Å². The van der Waals surface area contributed by atoms with Crippen LogP contribution in [0.4, 0.5) is 0 Å². The summed E-state index contributed by atoms with van der Waals surface area (Å²) in [6, 6.07) is 21.5. The Morgan fingerprint density at radius 1 is 1.11 bits per heavy atom. The highest BCUT2D eigenvalue weighted by Crippen LogP contribution is 2.25. The Labute approximate surface area is 163 Å². The Balaban J connectivity index is 1.45. The average molecular weight is 374 g/mol. The van der Waals surface area contributed by atoms with E-state index in [9.17, 15) is 4.79 Å². The first kappa shape index (κ1) is 18.2. The second-order valence-corrected chi connectivity index (χ2v) is 6.69. The number of carbonyl (C=O) groups is 1. The van der Waals surface area contributed by atoms with Crippen LogP contribution in [0, 0.1) is 5.92 Å². The molecule has 0 radical (unpaired) electrons. The SMILES string of the molecule is COc1ccc(C2NNCC2/C=N/NC(=O)c2cccc3ccccc23)cc1. The van der Waals surface area contributed by atoms with Gasteiger partial charge in [-0.05, 0) is 34.5 Å². The van der Waals surface area contributed by atoms with Gasteiger partial charge in [-0.2, -0.15) is 5.10 Å². The van der Waals surface area contributed by atoms with Crippen molar-refractivity contribution >= 4 is 22.9 Å². The summed E-state index contributed by atoms with van der Waals surface area (Å²) in [4.78, 5) is 12.6. The Morgan fingerprint density at radius 2 is 1.89 bits per heavy atom. The van der Waals surface area contributed by atoms with Gasteiger partial charge in [0.1, 0.15) is 5.75 Å². The van der Waals surface area contributed by atoms with E-state index in [-0.39, 0.29) is 17.9 Å². The molecule has 28 heavy (non-hydrogen) atoms. The number of hydrogen-bond acceptors (Lipinski definition) is 5. The van der Waals surface area contributed by atoms with Crippen molar-refractivity contribution in [2.45, 2.75) is 6.04 Å². The maximum atomic E-state index is 12.6. The highest BCUT2D eigenvalue weighted by Gasteiger charge is 2.27. The van der Waals surface area contributed by atoms with Crippen LogP contribution in [-0.4, -0.2) is 25.8 Å². The molecule has 0 saturated carbocycles. The highest BCUT2D eigenvalue weighted by atomic mass is 16.5. The molecule has 6 heteroatoms. The van der Waals surface area contributed by atoms with Gasteiger partial charge in [-0.3, -0.25) is 10.2 Å². The number of nitrogens with zero attached hydrogens (tertiary/aromatic N) is 1. The van der Waals surface area contributed by atoms with Crippen LogP contribution >= 0.6 is 0 Å². The van der Waals surface area contributed by atoms with E-state index in [0.717, 1.165) is 28.6 Å². The zero-order chi connectivity index (χ0) is 19.3. The number of amides is 1. The summed E-state index contributed by atoms with van der Waals surface area (Å²) in [6.07, 6.45) is 1.78. The number of carbonyl (C=O) groups excluding carboxylic acids is 1. The number of methoxy groups -OCH3 is 1. The zero-order valence-corrected chi connectivity index (χ0v) is 15.6. The molecule has 2 unspecified atom stereocenters. The number of hydrazine groups is 1. The molecule has 6 nitrogen and oxygen atoms in total. The average Bonchev–Trinajstić information content (AvgIpc) is 3.22. The van der Waals surface area contributed by atoms with E-state index >= 15 is 0 Å². The first-order valence-electron chi connectivity index (χ1n) is 9.20. The van der Waals surface area contributed by atoms with Gasteiger partial charge in [0.15, 0.2) is 0 Å². The first-order chi connectivity index (χ1) is 13.8. The van der Waals surface area contributed by atoms with Gasteiger partial charge >= 0.3 is 0 Å². The third-order valence-electron chi connectivity index (χ3n) is 4.96. The van der Waals surface area contributed by atoms with Gasteiger partial charge in [-0.1, -0.05) is 48.5 Å². The monoisotopic (exact) mass is 374 g/mol.